The van der Waals surface area contributed by atoms with E-state index in [2.05, 4.69) is 20.1 Å². The third kappa shape index (κ3) is 2.57. The highest BCUT2D eigenvalue weighted by atomic mass is 16.2. The van der Waals surface area contributed by atoms with Gasteiger partial charge in [0.05, 0.1) is 6.54 Å². The summed E-state index contributed by atoms with van der Waals surface area (Å²) in [4.78, 5) is 34.2. The van der Waals surface area contributed by atoms with Crippen LogP contribution in [-0.2, 0) is 13.6 Å². The van der Waals surface area contributed by atoms with E-state index in [9.17, 15) is 9.59 Å². The summed E-state index contributed by atoms with van der Waals surface area (Å²) >= 11 is 0. The van der Waals surface area contributed by atoms with Crippen molar-refractivity contribution in [2.45, 2.75) is 13.5 Å². The standard InChI is InChI=1S/C17H16N6O2/c1-10-8-12(21-22(10)2)14-18-13-15(19-14)23(17(25)20-16(13)24)9-11-6-4-3-5-7-11/h3-8H,9H2,1-2H3,(H,18,19)(H,20,24,25). The first-order valence-corrected chi connectivity index (χ1v) is 7.80. The molecule has 0 saturated heterocycles. The quantitative estimate of drug-likeness (QED) is 0.586. The summed E-state index contributed by atoms with van der Waals surface area (Å²) in [6.45, 7) is 2.25. The summed E-state index contributed by atoms with van der Waals surface area (Å²) in [7, 11) is 1.83. The molecule has 1 aromatic carbocycles. The van der Waals surface area contributed by atoms with Crippen molar-refractivity contribution in [3.05, 3.63) is 68.5 Å². The highest BCUT2D eigenvalue weighted by Crippen LogP contribution is 2.18. The zero-order chi connectivity index (χ0) is 17.6. The van der Waals surface area contributed by atoms with Crippen LogP contribution in [0.4, 0.5) is 0 Å². The van der Waals surface area contributed by atoms with Crippen molar-refractivity contribution in [3.8, 4) is 11.5 Å². The molecule has 4 aromatic rings. The molecule has 0 bridgehead atoms. The van der Waals surface area contributed by atoms with Crippen molar-refractivity contribution in [2.24, 2.45) is 7.05 Å². The van der Waals surface area contributed by atoms with Gasteiger partial charge in [0, 0.05) is 12.7 Å². The Morgan fingerprint density at radius 3 is 2.56 bits per heavy atom. The van der Waals surface area contributed by atoms with Crippen LogP contribution in [0.25, 0.3) is 22.7 Å². The van der Waals surface area contributed by atoms with Crippen molar-refractivity contribution in [1.29, 1.82) is 0 Å². The second-order valence-corrected chi connectivity index (χ2v) is 5.91. The molecule has 0 aliphatic heterocycles. The number of rotatable bonds is 3. The molecule has 3 aromatic heterocycles. The van der Waals surface area contributed by atoms with Crippen LogP contribution in [0, 0.1) is 6.92 Å². The SMILES string of the molecule is Cc1cc(-c2nc3c([nH]2)c(=O)[nH]c(=O)n3Cc2ccccc2)nn1C. The number of benzene rings is 1. The maximum Gasteiger partial charge on any atom is 0.330 e. The molecule has 8 heteroatoms. The molecular formula is C17H16N6O2. The van der Waals surface area contributed by atoms with E-state index in [1.54, 1.807) is 4.68 Å². The Morgan fingerprint density at radius 1 is 1.12 bits per heavy atom. The van der Waals surface area contributed by atoms with Crippen LogP contribution in [0.15, 0.2) is 46.0 Å². The Kier molecular flexibility index (Phi) is 3.38. The number of aromatic nitrogens is 6. The fourth-order valence-electron chi connectivity index (χ4n) is 2.75. The molecule has 4 rings (SSSR count). The molecule has 0 unspecified atom stereocenters. The summed E-state index contributed by atoms with van der Waals surface area (Å²) < 4.78 is 3.17. The minimum absolute atomic E-state index is 0.258. The van der Waals surface area contributed by atoms with E-state index in [1.165, 1.54) is 4.57 Å². The van der Waals surface area contributed by atoms with E-state index < -0.39 is 11.2 Å². The summed E-state index contributed by atoms with van der Waals surface area (Å²) in [6.07, 6.45) is 0. The Morgan fingerprint density at radius 2 is 1.88 bits per heavy atom. The normalized spacial score (nSPS) is 11.3. The summed E-state index contributed by atoms with van der Waals surface area (Å²) in [5.41, 5.74) is 2.12. The van der Waals surface area contributed by atoms with Crippen LogP contribution in [0.2, 0.25) is 0 Å². The number of fused-ring (bicyclic) bond motifs is 1. The van der Waals surface area contributed by atoms with Crippen molar-refractivity contribution in [1.82, 2.24) is 29.3 Å². The maximum atomic E-state index is 12.3. The number of H-pyrrole nitrogens is 2. The lowest BCUT2D eigenvalue weighted by Crippen LogP contribution is -2.30. The van der Waals surface area contributed by atoms with E-state index >= 15 is 0 Å². The monoisotopic (exact) mass is 336 g/mol. The van der Waals surface area contributed by atoms with E-state index in [0.29, 0.717) is 23.7 Å². The molecule has 0 saturated carbocycles. The Labute approximate surface area is 141 Å². The molecule has 8 nitrogen and oxygen atoms in total. The predicted molar refractivity (Wildman–Crippen MR) is 93.5 cm³/mol. The molecule has 0 aliphatic carbocycles. The third-order valence-electron chi connectivity index (χ3n) is 4.17. The van der Waals surface area contributed by atoms with Crippen LogP contribution < -0.4 is 11.2 Å². The molecule has 0 fully saturated rings. The zero-order valence-corrected chi connectivity index (χ0v) is 13.8. The minimum Gasteiger partial charge on any atom is -0.331 e. The molecule has 0 aliphatic rings. The lowest BCUT2D eigenvalue weighted by Gasteiger charge is -2.05. The molecule has 25 heavy (non-hydrogen) atoms. The number of nitrogens with zero attached hydrogens (tertiary/aromatic N) is 4. The van der Waals surface area contributed by atoms with Gasteiger partial charge in [-0.05, 0) is 18.6 Å². The summed E-state index contributed by atoms with van der Waals surface area (Å²) in [6, 6.07) is 11.4. The first kappa shape index (κ1) is 15.1. The van der Waals surface area contributed by atoms with Gasteiger partial charge in [-0.25, -0.2) is 9.78 Å². The van der Waals surface area contributed by atoms with Crippen LogP contribution in [0.3, 0.4) is 0 Å². The van der Waals surface area contributed by atoms with Gasteiger partial charge < -0.3 is 4.98 Å². The zero-order valence-electron chi connectivity index (χ0n) is 13.8. The summed E-state index contributed by atoms with van der Waals surface area (Å²) in [5, 5.41) is 4.36. The van der Waals surface area contributed by atoms with Gasteiger partial charge in [-0.2, -0.15) is 5.10 Å². The third-order valence-corrected chi connectivity index (χ3v) is 4.17. The van der Waals surface area contributed by atoms with Gasteiger partial charge in [0.1, 0.15) is 11.2 Å². The van der Waals surface area contributed by atoms with Gasteiger partial charge in [-0.15, -0.1) is 0 Å². The van der Waals surface area contributed by atoms with Gasteiger partial charge in [0.2, 0.25) is 0 Å². The number of hydrogen-bond donors (Lipinski definition) is 2. The average Bonchev–Trinajstić information content (AvgIpc) is 3.17. The Balaban J connectivity index is 1.91. The molecule has 2 N–H and O–H groups in total. The molecule has 0 amide bonds. The number of aryl methyl sites for hydroxylation is 2. The molecule has 0 atom stereocenters. The van der Waals surface area contributed by atoms with Gasteiger partial charge in [0.25, 0.3) is 5.56 Å². The van der Waals surface area contributed by atoms with Gasteiger partial charge in [-0.1, -0.05) is 30.3 Å². The van der Waals surface area contributed by atoms with Crippen molar-refractivity contribution in [3.63, 3.8) is 0 Å². The van der Waals surface area contributed by atoms with Crippen molar-refractivity contribution in [2.75, 3.05) is 0 Å². The van der Waals surface area contributed by atoms with Gasteiger partial charge in [0.15, 0.2) is 11.5 Å². The van der Waals surface area contributed by atoms with Crippen molar-refractivity contribution >= 4 is 11.2 Å². The van der Waals surface area contributed by atoms with Crippen LogP contribution in [0.1, 0.15) is 11.3 Å². The number of aromatic amines is 2. The maximum absolute atomic E-state index is 12.3. The second-order valence-electron chi connectivity index (χ2n) is 5.91. The number of imidazole rings is 1. The van der Waals surface area contributed by atoms with Crippen LogP contribution >= 0.6 is 0 Å². The molecule has 0 spiro atoms. The van der Waals surface area contributed by atoms with E-state index in [1.807, 2.05) is 50.4 Å². The van der Waals surface area contributed by atoms with Crippen LogP contribution in [-0.4, -0.2) is 29.3 Å². The largest absolute Gasteiger partial charge is 0.331 e. The second kappa shape index (κ2) is 5.59. The minimum atomic E-state index is -0.490. The smallest absolute Gasteiger partial charge is 0.330 e. The van der Waals surface area contributed by atoms with E-state index in [-0.39, 0.29) is 5.52 Å². The first-order valence-electron chi connectivity index (χ1n) is 7.80. The Bertz CT molecular complexity index is 1160. The van der Waals surface area contributed by atoms with Crippen LogP contribution in [0.5, 0.6) is 0 Å². The molecular weight excluding hydrogens is 320 g/mol. The average molecular weight is 336 g/mol. The fraction of sp³-hybridized carbons (Fsp3) is 0.176. The Hall–Kier alpha value is -3.42. The number of nitrogens with one attached hydrogen (secondary N) is 2. The molecule has 126 valence electrons. The van der Waals surface area contributed by atoms with Gasteiger partial charge in [-0.3, -0.25) is 19.0 Å². The number of hydrogen-bond acceptors (Lipinski definition) is 4. The first-order chi connectivity index (χ1) is 12.0. The summed E-state index contributed by atoms with van der Waals surface area (Å²) in [5.74, 6) is 0.455. The highest BCUT2D eigenvalue weighted by Gasteiger charge is 2.16. The lowest BCUT2D eigenvalue weighted by atomic mass is 10.2. The van der Waals surface area contributed by atoms with Gasteiger partial charge >= 0.3 is 5.69 Å². The van der Waals surface area contributed by atoms with E-state index in [0.717, 1.165) is 11.3 Å². The lowest BCUT2D eigenvalue weighted by molar-refractivity contribution is 0.740. The van der Waals surface area contributed by atoms with Crippen molar-refractivity contribution < 1.29 is 0 Å². The topological polar surface area (TPSA) is 101 Å². The predicted octanol–water partition coefficient (Wildman–Crippen LogP) is 1.17. The molecule has 0 radical (unpaired) electrons. The highest BCUT2D eigenvalue weighted by molar-refractivity contribution is 5.74. The molecule has 3 heterocycles. The fourth-order valence-corrected chi connectivity index (χ4v) is 2.75. The van der Waals surface area contributed by atoms with E-state index in [4.69, 9.17) is 0 Å².